The molecule has 0 bridgehead atoms. The van der Waals surface area contributed by atoms with Crippen molar-refractivity contribution >= 4 is 47.8 Å². The van der Waals surface area contributed by atoms with Gasteiger partial charge in [0, 0.05) is 4.47 Å². The van der Waals surface area contributed by atoms with Gasteiger partial charge in [-0.3, -0.25) is 0 Å². The molecule has 0 aliphatic carbocycles. The van der Waals surface area contributed by atoms with E-state index in [0.29, 0.717) is 0 Å². The molecule has 0 N–H and O–H groups in total. The van der Waals surface area contributed by atoms with Gasteiger partial charge in [-0.2, -0.15) is 0 Å². The van der Waals surface area contributed by atoms with Gasteiger partial charge in [0.15, 0.2) is 0 Å². The number of halogens is 3. The van der Waals surface area contributed by atoms with E-state index in [9.17, 15) is 0 Å². The number of hydrogen-bond donors (Lipinski definition) is 0. The van der Waals surface area contributed by atoms with Gasteiger partial charge in [-0.05, 0) is 17.2 Å². The van der Waals surface area contributed by atoms with Crippen LogP contribution in [0.1, 0.15) is 20.8 Å². The van der Waals surface area contributed by atoms with Crippen LogP contribution in [0.3, 0.4) is 0 Å². The standard InChI is InChI=1S/C14H11Br3/c15-12-9-5-4-8-11(12)14(17)13(16)10-6-2-1-3-7-10/h1-9,13-14H/t13-,14-/m1/s1. The minimum atomic E-state index is 0.237. The molecule has 2 rings (SSSR count). The highest BCUT2D eigenvalue weighted by Crippen LogP contribution is 2.44. The molecule has 0 aromatic heterocycles. The highest BCUT2D eigenvalue weighted by Gasteiger charge is 2.20. The van der Waals surface area contributed by atoms with Crippen LogP contribution in [0.2, 0.25) is 0 Å². The van der Waals surface area contributed by atoms with Crippen LogP contribution < -0.4 is 0 Å². The Morgan fingerprint density at radius 2 is 1.29 bits per heavy atom. The van der Waals surface area contributed by atoms with Crippen molar-refractivity contribution in [2.45, 2.75) is 9.65 Å². The van der Waals surface area contributed by atoms with Crippen molar-refractivity contribution in [1.29, 1.82) is 0 Å². The summed E-state index contributed by atoms with van der Waals surface area (Å²) >= 11 is 11.1. The molecule has 0 saturated carbocycles. The molecule has 0 radical (unpaired) electrons. The van der Waals surface area contributed by atoms with Gasteiger partial charge in [-0.15, -0.1) is 0 Å². The summed E-state index contributed by atoms with van der Waals surface area (Å²) in [5.74, 6) is 0. The molecular formula is C14H11Br3. The summed E-state index contributed by atoms with van der Waals surface area (Å²) in [5.41, 5.74) is 2.52. The van der Waals surface area contributed by atoms with Crippen LogP contribution in [0.5, 0.6) is 0 Å². The highest BCUT2D eigenvalue weighted by atomic mass is 79.9. The molecule has 0 fully saturated rings. The first kappa shape index (κ1) is 13.3. The number of benzene rings is 2. The lowest BCUT2D eigenvalue weighted by molar-refractivity contribution is 0.933. The largest absolute Gasteiger partial charge is 0.0823 e. The summed E-state index contributed by atoms with van der Waals surface area (Å²) < 4.78 is 1.13. The molecule has 0 unspecified atom stereocenters. The van der Waals surface area contributed by atoms with Crippen molar-refractivity contribution in [2.75, 3.05) is 0 Å². The van der Waals surface area contributed by atoms with E-state index in [4.69, 9.17) is 0 Å². The molecule has 2 aromatic rings. The Morgan fingerprint density at radius 1 is 0.706 bits per heavy atom. The van der Waals surface area contributed by atoms with Gasteiger partial charge >= 0.3 is 0 Å². The molecule has 0 aliphatic heterocycles. The van der Waals surface area contributed by atoms with Crippen molar-refractivity contribution in [1.82, 2.24) is 0 Å². The average molecular weight is 419 g/mol. The molecule has 0 amide bonds. The first-order valence-corrected chi connectivity index (χ1v) is 7.90. The van der Waals surface area contributed by atoms with E-state index in [1.165, 1.54) is 11.1 Å². The van der Waals surface area contributed by atoms with Gasteiger partial charge < -0.3 is 0 Å². The molecule has 2 atom stereocenters. The Bertz CT molecular complexity index is 482. The van der Waals surface area contributed by atoms with Crippen molar-refractivity contribution in [3.05, 3.63) is 70.2 Å². The van der Waals surface area contributed by atoms with Crippen molar-refractivity contribution in [3.8, 4) is 0 Å². The summed E-state index contributed by atoms with van der Waals surface area (Å²) in [4.78, 5) is 0.489. The monoisotopic (exact) mass is 416 g/mol. The minimum Gasteiger partial charge on any atom is -0.0823 e. The smallest absolute Gasteiger partial charge is 0.0572 e. The summed E-state index contributed by atoms with van der Waals surface area (Å²) in [6.45, 7) is 0. The SMILES string of the molecule is Brc1ccccc1[C@@H](Br)[C@H](Br)c1ccccc1. The second kappa shape index (κ2) is 6.17. The Hall–Kier alpha value is -0.120. The molecule has 0 spiro atoms. The predicted octanol–water partition coefficient (Wildman–Crippen LogP) is 6.02. The van der Waals surface area contributed by atoms with Crippen LogP contribution in [0.4, 0.5) is 0 Å². The van der Waals surface area contributed by atoms with Gasteiger partial charge in [0.05, 0.1) is 9.65 Å². The predicted molar refractivity (Wildman–Crippen MR) is 83.9 cm³/mol. The Morgan fingerprint density at radius 3 is 1.94 bits per heavy atom. The molecule has 0 aliphatic rings. The zero-order valence-corrected chi connectivity index (χ0v) is 13.7. The third kappa shape index (κ3) is 3.21. The molecule has 17 heavy (non-hydrogen) atoms. The first-order valence-electron chi connectivity index (χ1n) is 5.27. The number of rotatable bonds is 3. The van der Waals surface area contributed by atoms with E-state index < -0.39 is 0 Å². The van der Waals surface area contributed by atoms with Gasteiger partial charge in [-0.1, -0.05) is 96.3 Å². The lowest BCUT2D eigenvalue weighted by Crippen LogP contribution is -1.99. The highest BCUT2D eigenvalue weighted by molar-refractivity contribution is 9.12. The van der Waals surface area contributed by atoms with Gasteiger partial charge in [0.1, 0.15) is 0 Å². The maximum atomic E-state index is 3.76. The third-order valence-corrected chi connectivity index (χ3v) is 6.09. The van der Waals surface area contributed by atoms with Gasteiger partial charge in [-0.25, -0.2) is 0 Å². The van der Waals surface area contributed by atoms with Gasteiger partial charge in [0.2, 0.25) is 0 Å². The average Bonchev–Trinajstić information content (AvgIpc) is 2.39. The summed E-state index contributed by atoms with van der Waals surface area (Å²) in [5, 5.41) is 0. The van der Waals surface area contributed by atoms with Crippen LogP contribution in [0, 0.1) is 0 Å². The molecule has 88 valence electrons. The van der Waals surface area contributed by atoms with E-state index in [-0.39, 0.29) is 9.65 Å². The van der Waals surface area contributed by atoms with E-state index in [1.54, 1.807) is 0 Å². The Labute approximate surface area is 127 Å². The maximum Gasteiger partial charge on any atom is 0.0572 e. The normalized spacial score (nSPS) is 14.3. The fourth-order valence-corrected chi connectivity index (χ4v) is 3.80. The van der Waals surface area contributed by atoms with E-state index in [1.807, 2.05) is 12.1 Å². The molecule has 0 nitrogen and oxygen atoms in total. The lowest BCUT2D eigenvalue weighted by Gasteiger charge is -2.18. The zero-order chi connectivity index (χ0) is 12.3. The molecule has 3 heteroatoms. The zero-order valence-electron chi connectivity index (χ0n) is 8.98. The van der Waals surface area contributed by atoms with Gasteiger partial charge in [0.25, 0.3) is 0 Å². The summed E-state index contributed by atoms with van der Waals surface area (Å²) in [6, 6.07) is 18.7. The topological polar surface area (TPSA) is 0 Å². The van der Waals surface area contributed by atoms with E-state index >= 15 is 0 Å². The second-order valence-electron chi connectivity index (χ2n) is 3.74. The van der Waals surface area contributed by atoms with Crippen LogP contribution >= 0.6 is 47.8 Å². The fourth-order valence-electron chi connectivity index (χ4n) is 1.66. The molecule has 2 aromatic carbocycles. The van der Waals surface area contributed by atoms with Crippen molar-refractivity contribution < 1.29 is 0 Å². The number of alkyl halides is 2. The Balaban J connectivity index is 2.27. The quantitative estimate of drug-likeness (QED) is 0.534. The molecule has 0 heterocycles. The van der Waals surface area contributed by atoms with Crippen molar-refractivity contribution in [2.24, 2.45) is 0 Å². The first-order chi connectivity index (χ1) is 8.20. The second-order valence-corrected chi connectivity index (χ2v) is 6.56. The minimum absolute atomic E-state index is 0.237. The summed E-state index contributed by atoms with van der Waals surface area (Å²) in [6.07, 6.45) is 0. The van der Waals surface area contributed by atoms with Crippen molar-refractivity contribution in [3.63, 3.8) is 0 Å². The maximum absolute atomic E-state index is 3.76. The van der Waals surface area contributed by atoms with E-state index in [2.05, 4.69) is 90.3 Å². The Kier molecular flexibility index (Phi) is 4.83. The number of hydrogen-bond acceptors (Lipinski definition) is 0. The van der Waals surface area contributed by atoms with Crippen LogP contribution in [-0.4, -0.2) is 0 Å². The summed E-state index contributed by atoms with van der Waals surface area (Å²) in [7, 11) is 0. The van der Waals surface area contributed by atoms with Crippen LogP contribution in [0.15, 0.2) is 59.1 Å². The molecular weight excluding hydrogens is 408 g/mol. The lowest BCUT2D eigenvalue weighted by atomic mass is 10.0. The van der Waals surface area contributed by atoms with Crippen LogP contribution in [-0.2, 0) is 0 Å². The molecule has 0 saturated heterocycles. The third-order valence-electron chi connectivity index (χ3n) is 2.58. The fraction of sp³-hybridized carbons (Fsp3) is 0.143. The van der Waals surface area contributed by atoms with Crippen LogP contribution in [0.25, 0.3) is 0 Å². The van der Waals surface area contributed by atoms with E-state index in [0.717, 1.165) is 4.47 Å².